The van der Waals surface area contributed by atoms with Gasteiger partial charge in [0.2, 0.25) is 0 Å². The van der Waals surface area contributed by atoms with Crippen LogP contribution in [0.4, 0.5) is 0 Å². The molecule has 2 fully saturated rings. The van der Waals surface area contributed by atoms with Crippen LogP contribution in [0.1, 0.15) is 25.7 Å². The quantitative estimate of drug-likeness (QED) is 0.582. The Kier molecular flexibility index (Phi) is 2.35. The van der Waals surface area contributed by atoms with Crippen molar-refractivity contribution in [2.24, 2.45) is 5.73 Å². The number of hydrogen-bond donors (Lipinski definition) is 1. The molecule has 0 aromatic rings. The van der Waals surface area contributed by atoms with E-state index in [1.165, 1.54) is 0 Å². The predicted molar refractivity (Wildman–Crippen MR) is 45.9 cm³/mol. The summed E-state index contributed by atoms with van der Waals surface area (Å²) in [6.45, 7) is 2.51. The largest absolute Gasteiger partial charge is 0.381 e. The van der Waals surface area contributed by atoms with E-state index in [1.54, 1.807) is 0 Å². The third-order valence-electron chi connectivity index (χ3n) is 2.94. The van der Waals surface area contributed by atoms with Crippen molar-refractivity contribution in [2.45, 2.75) is 37.3 Å². The van der Waals surface area contributed by atoms with Gasteiger partial charge in [-0.05, 0) is 25.7 Å². The number of nitrogens with two attached hydrogens (primary N) is 1. The summed E-state index contributed by atoms with van der Waals surface area (Å²) in [5.74, 6) is 0. The van der Waals surface area contributed by atoms with Gasteiger partial charge in [0.05, 0.1) is 5.60 Å². The van der Waals surface area contributed by atoms with Crippen molar-refractivity contribution in [1.29, 1.82) is 0 Å². The molecule has 0 aromatic carbocycles. The van der Waals surface area contributed by atoms with Crippen molar-refractivity contribution in [2.75, 3.05) is 19.8 Å². The Balaban J connectivity index is 1.97. The molecule has 0 saturated carbocycles. The molecule has 0 unspecified atom stereocenters. The molecule has 2 aliphatic heterocycles. The summed E-state index contributed by atoms with van der Waals surface area (Å²) < 4.78 is 11.1. The first kappa shape index (κ1) is 8.48. The van der Waals surface area contributed by atoms with E-state index in [2.05, 4.69) is 0 Å². The van der Waals surface area contributed by atoms with Crippen molar-refractivity contribution < 1.29 is 9.47 Å². The van der Waals surface area contributed by atoms with Crippen molar-refractivity contribution in [3.8, 4) is 0 Å². The van der Waals surface area contributed by atoms with Gasteiger partial charge >= 0.3 is 0 Å². The van der Waals surface area contributed by atoms with Crippen LogP contribution in [0, 0.1) is 0 Å². The normalized spacial score (nSPS) is 35.2. The van der Waals surface area contributed by atoms with E-state index in [-0.39, 0.29) is 5.60 Å². The Morgan fingerprint density at radius 1 is 1.17 bits per heavy atom. The van der Waals surface area contributed by atoms with Crippen molar-refractivity contribution in [1.82, 2.24) is 0 Å². The van der Waals surface area contributed by atoms with Gasteiger partial charge in [-0.15, -0.1) is 0 Å². The van der Waals surface area contributed by atoms with Crippen LogP contribution in [0.2, 0.25) is 0 Å². The van der Waals surface area contributed by atoms with Gasteiger partial charge in [0.15, 0.2) is 0 Å². The van der Waals surface area contributed by atoms with E-state index < -0.39 is 0 Å². The highest BCUT2D eigenvalue weighted by molar-refractivity contribution is 4.90. The fraction of sp³-hybridized carbons (Fsp3) is 1.00. The van der Waals surface area contributed by atoms with E-state index in [1.807, 2.05) is 0 Å². The standard InChI is InChI=1S/C9H17NO2/c10-8-1-4-12-9(7-8)2-5-11-6-3-9/h8H,1-7,10H2/t8-/m0/s1. The second-order valence-electron chi connectivity index (χ2n) is 3.90. The second-order valence-corrected chi connectivity index (χ2v) is 3.90. The van der Waals surface area contributed by atoms with Gasteiger partial charge in [-0.2, -0.15) is 0 Å². The van der Waals surface area contributed by atoms with Gasteiger partial charge in [0.25, 0.3) is 0 Å². The van der Waals surface area contributed by atoms with Crippen LogP contribution in [0.15, 0.2) is 0 Å². The SMILES string of the molecule is N[C@H]1CCOC2(CCOCC2)C1. The van der Waals surface area contributed by atoms with Gasteiger partial charge in [0.1, 0.15) is 0 Å². The minimum absolute atomic E-state index is 0.0793. The minimum Gasteiger partial charge on any atom is -0.381 e. The molecule has 0 aliphatic carbocycles. The first-order valence-electron chi connectivity index (χ1n) is 4.78. The van der Waals surface area contributed by atoms with Gasteiger partial charge < -0.3 is 15.2 Å². The van der Waals surface area contributed by atoms with Crippen LogP contribution < -0.4 is 5.73 Å². The van der Waals surface area contributed by atoms with E-state index in [0.29, 0.717) is 6.04 Å². The molecule has 1 spiro atoms. The number of hydrogen-bond acceptors (Lipinski definition) is 3. The maximum Gasteiger partial charge on any atom is 0.0741 e. The molecule has 0 radical (unpaired) electrons. The van der Waals surface area contributed by atoms with Crippen LogP contribution in [0.3, 0.4) is 0 Å². The molecule has 3 nitrogen and oxygen atoms in total. The smallest absolute Gasteiger partial charge is 0.0741 e. The van der Waals surface area contributed by atoms with E-state index in [0.717, 1.165) is 45.5 Å². The zero-order valence-corrected chi connectivity index (χ0v) is 7.42. The maximum atomic E-state index is 5.92. The fourth-order valence-corrected chi connectivity index (χ4v) is 2.16. The Morgan fingerprint density at radius 3 is 2.58 bits per heavy atom. The van der Waals surface area contributed by atoms with E-state index in [4.69, 9.17) is 15.2 Å². The van der Waals surface area contributed by atoms with Crippen LogP contribution >= 0.6 is 0 Å². The summed E-state index contributed by atoms with van der Waals surface area (Å²) in [6.07, 6.45) is 4.10. The van der Waals surface area contributed by atoms with Gasteiger partial charge in [-0.3, -0.25) is 0 Å². The molecule has 0 amide bonds. The van der Waals surface area contributed by atoms with Crippen molar-refractivity contribution in [3.63, 3.8) is 0 Å². The topological polar surface area (TPSA) is 44.5 Å². The minimum atomic E-state index is 0.0793. The summed E-state index contributed by atoms with van der Waals surface area (Å²) in [6, 6.07) is 0.344. The van der Waals surface area contributed by atoms with Gasteiger partial charge in [-0.1, -0.05) is 0 Å². The van der Waals surface area contributed by atoms with Crippen molar-refractivity contribution in [3.05, 3.63) is 0 Å². The van der Waals surface area contributed by atoms with Gasteiger partial charge in [-0.25, -0.2) is 0 Å². The molecular weight excluding hydrogens is 154 g/mol. The number of rotatable bonds is 0. The van der Waals surface area contributed by atoms with Crippen LogP contribution in [0.25, 0.3) is 0 Å². The first-order valence-corrected chi connectivity index (χ1v) is 4.78. The lowest BCUT2D eigenvalue weighted by Gasteiger charge is -2.42. The molecule has 2 heterocycles. The van der Waals surface area contributed by atoms with E-state index >= 15 is 0 Å². The maximum absolute atomic E-state index is 5.92. The zero-order chi connectivity index (χ0) is 8.44. The molecule has 3 heteroatoms. The predicted octanol–water partition coefficient (Wildman–Crippen LogP) is 0.673. The molecular formula is C9H17NO2. The van der Waals surface area contributed by atoms with Crippen LogP contribution in [-0.4, -0.2) is 31.5 Å². The molecule has 0 aromatic heterocycles. The molecule has 1 atom stereocenters. The van der Waals surface area contributed by atoms with Crippen LogP contribution in [-0.2, 0) is 9.47 Å². The summed E-state index contributed by atoms with van der Waals surface area (Å²) in [5.41, 5.74) is 6.00. The summed E-state index contributed by atoms with van der Waals surface area (Å²) in [5, 5.41) is 0. The Labute approximate surface area is 73.2 Å². The Bertz CT molecular complexity index is 149. The van der Waals surface area contributed by atoms with E-state index in [9.17, 15) is 0 Å². The lowest BCUT2D eigenvalue weighted by Crippen LogP contribution is -2.48. The fourth-order valence-electron chi connectivity index (χ4n) is 2.16. The average Bonchev–Trinajstić information content (AvgIpc) is 2.05. The number of ether oxygens (including phenoxy) is 2. The molecule has 2 saturated heterocycles. The van der Waals surface area contributed by atoms with Crippen LogP contribution in [0.5, 0.6) is 0 Å². The first-order chi connectivity index (χ1) is 5.81. The summed E-state index contributed by atoms with van der Waals surface area (Å²) in [7, 11) is 0. The third-order valence-corrected chi connectivity index (χ3v) is 2.94. The third kappa shape index (κ3) is 1.63. The lowest BCUT2D eigenvalue weighted by atomic mass is 9.84. The Hall–Kier alpha value is -0.120. The zero-order valence-electron chi connectivity index (χ0n) is 7.42. The summed E-state index contributed by atoms with van der Waals surface area (Å²) in [4.78, 5) is 0. The highest BCUT2D eigenvalue weighted by atomic mass is 16.5. The molecule has 70 valence electrons. The molecule has 2 N–H and O–H groups in total. The molecule has 12 heavy (non-hydrogen) atoms. The molecule has 0 bridgehead atoms. The lowest BCUT2D eigenvalue weighted by molar-refractivity contribution is -0.137. The van der Waals surface area contributed by atoms with Gasteiger partial charge in [0, 0.05) is 25.9 Å². The summed E-state index contributed by atoms with van der Waals surface area (Å²) >= 11 is 0. The highest BCUT2D eigenvalue weighted by Gasteiger charge is 2.37. The van der Waals surface area contributed by atoms with Crippen molar-refractivity contribution >= 4 is 0 Å². The monoisotopic (exact) mass is 171 g/mol. The highest BCUT2D eigenvalue weighted by Crippen LogP contribution is 2.33. The molecule has 2 aliphatic rings. The Morgan fingerprint density at radius 2 is 1.92 bits per heavy atom. The second kappa shape index (κ2) is 3.32. The average molecular weight is 171 g/mol. The molecule has 2 rings (SSSR count).